The van der Waals surface area contributed by atoms with Crippen molar-refractivity contribution in [1.29, 1.82) is 0 Å². The molecule has 1 aliphatic heterocycles. The number of hydrogen-bond acceptors (Lipinski definition) is 1. The van der Waals surface area contributed by atoms with Crippen LogP contribution in [-0.2, 0) is 4.79 Å². The summed E-state index contributed by atoms with van der Waals surface area (Å²) in [6, 6.07) is 6.47. The van der Waals surface area contributed by atoms with Crippen LogP contribution in [0, 0.1) is 30.1 Å². The number of amides is 1. The monoisotopic (exact) mass is 281 g/mol. The fraction of sp³-hybridized carbons (Fsp3) is 0.632. The Hall–Kier alpha value is -1.31. The van der Waals surface area contributed by atoms with Gasteiger partial charge >= 0.3 is 0 Å². The van der Waals surface area contributed by atoms with Gasteiger partial charge in [0.25, 0.3) is 0 Å². The molecule has 4 saturated carbocycles. The average molecular weight is 281 g/mol. The topological polar surface area (TPSA) is 29.1 Å². The van der Waals surface area contributed by atoms with Gasteiger partial charge in [-0.2, -0.15) is 0 Å². The average Bonchev–Trinajstić information content (AvgIpc) is 2.72. The summed E-state index contributed by atoms with van der Waals surface area (Å²) in [5, 5.41) is 3.16. The molecule has 5 aliphatic rings. The molecule has 1 amide bonds. The third-order valence-electron chi connectivity index (χ3n) is 6.74. The van der Waals surface area contributed by atoms with Gasteiger partial charge in [-0.05, 0) is 80.2 Å². The Labute approximate surface area is 126 Å². The SMILES string of the molecule is Cc1ccc2c(c1)C(C13CC4CC(CC(C4)C1)C3)C(=O)N2. The largest absolute Gasteiger partial charge is 0.325 e. The van der Waals surface area contributed by atoms with E-state index in [0.29, 0.717) is 0 Å². The van der Waals surface area contributed by atoms with E-state index in [1.165, 1.54) is 49.7 Å². The van der Waals surface area contributed by atoms with Crippen LogP contribution >= 0.6 is 0 Å². The molecule has 4 fully saturated rings. The maximum atomic E-state index is 12.7. The number of benzene rings is 1. The molecule has 1 atom stereocenters. The smallest absolute Gasteiger partial charge is 0.232 e. The molecule has 1 unspecified atom stereocenters. The minimum Gasteiger partial charge on any atom is -0.325 e. The minimum atomic E-state index is 0.126. The van der Waals surface area contributed by atoms with Gasteiger partial charge < -0.3 is 5.32 Å². The van der Waals surface area contributed by atoms with Gasteiger partial charge in [0.05, 0.1) is 5.92 Å². The zero-order valence-electron chi connectivity index (χ0n) is 12.7. The van der Waals surface area contributed by atoms with Crippen LogP contribution in [0.1, 0.15) is 55.6 Å². The van der Waals surface area contributed by atoms with Gasteiger partial charge in [0, 0.05) is 5.69 Å². The van der Waals surface area contributed by atoms with Crippen molar-refractivity contribution in [2.75, 3.05) is 5.32 Å². The number of fused-ring (bicyclic) bond motifs is 1. The molecule has 1 heterocycles. The highest BCUT2D eigenvalue weighted by Crippen LogP contribution is 2.65. The van der Waals surface area contributed by atoms with Gasteiger partial charge in [0.2, 0.25) is 5.91 Å². The molecule has 4 aliphatic carbocycles. The van der Waals surface area contributed by atoms with Gasteiger partial charge in [-0.25, -0.2) is 0 Å². The molecule has 0 radical (unpaired) electrons. The maximum Gasteiger partial charge on any atom is 0.232 e. The lowest BCUT2D eigenvalue weighted by Gasteiger charge is -2.58. The standard InChI is InChI=1S/C19H23NO/c1-11-2-3-16-15(4-11)17(18(21)20-16)19-8-12-5-13(9-19)7-14(6-12)10-19/h2-4,12-14,17H,5-10H2,1H3,(H,20,21). The lowest BCUT2D eigenvalue weighted by molar-refractivity contribution is -0.127. The van der Waals surface area contributed by atoms with Crippen LogP contribution in [0.4, 0.5) is 5.69 Å². The van der Waals surface area contributed by atoms with E-state index in [2.05, 4.69) is 30.4 Å². The Morgan fingerprint density at radius 1 is 1.05 bits per heavy atom. The molecular formula is C19H23NO. The second kappa shape index (κ2) is 3.91. The van der Waals surface area contributed by atoms with Crippen molar-refractivity contribution in [2.24, 2.45) is 23.2 Å². The summed E-state index contributed by atoms with van der Waals surface area (Å²) >= 11 is 0. The van der Waals surface area contributed by atoms with Crippen molar-refractivity contribution < 1.29 is 4.79 Å². The number of hydrogen-bond donors (Lipinski definition) is 1. The Kier molecular flexibility index (Phi) is 2.28. The zero-order chi connectivity index (χ0) is 14.2. The lowest BCUT2D eigenvalue weighted by Crippen LogP contribution is -2.50. The van der Waals surface area contributed by atoms with Crippen LogP contribution in [0.25, 0.3) is 0 Å². The van der Waals surface area contributed by atoms with Crippen molar-refractivity contribution in [3.05, 3.63) is 29.3 Å². The van der Waals surface area contributed by atoms with E-state index in [-0.39, 0.29) is 17.2 Å². The Morgan fingerprint density at radius 2 is 1.67 bits per heavy atom. The van der Waals surface area contributed by atoms with E-state index in [1.54, 1.807) is 0 Å². The number of carbonyl (C=O) groups is 1. The van der Waals surface area contributed by atoms with Crippen molar-refractivity contribution >= 4 is 11.6 Å². The number of anilines is 1. The molecule has 0 aromatic heterocycles. The van der Waals surface area contributed by atoms with Crippen molar-refractivity contribution in [3.63, 3.8) is 0 Å². The molecule has 21 heavy (non-hydrogen) atoms. The number of rotatable bonds is 1. The van der Waals surface area contributed by atoms with E-state index in [4.69, 9.17) is 0 Å². The van der Waals surface area contributed by atoms with Gasteiger partial charge in [0.15, 0.2) is 0 Å². The third-order valence-corrected chi connectivity index (χ3v) is 6.74. The molecule has 110 valence electrons. The predicted molar refractivity (Wildman–Crippen MR) is 83.2 cm³/mol. The van der Waals surface area contributed by atoms with Gasteiger partial charge in [0.1, 0.15) is 0 Å². The van der Waals surface area contributed by atoms with Crippen LogP contribution in [0.15, 0.2) is 18.2 Å². The summed E-state index contributed by atoms with van der Waals surface area (Å²) in [6.45, 7) is 2.14. The van der Waals surface area contributed by atoms with Crippen molar-refractivity contribution in [3.8, 4) is 0 Å². The summed E-state index contributed by atoms with van der Waals surface area (Å²) in [5.74, 6) is 3.10. The quantitative estimate of drug-likeness (QED) is 0.819. The predicted octanol–water partition coefficient (Wildman–Crippen LogP) is 4.25. The Bertz CT molecular complexity index is 597. The first-order valence-corrected chi connectivity index (χ1v) is 8.54. The highest BCUT2D eigenvalue weighted by Gasteiger charge is 2.57. The highest BCUT2D eigenvalue weighted by atomic mass is 16.2. The first-order chi connectivity index (χ1) is 10.1. The highest BCUT2D eigenvalue weighted by molar-refractivity contribution is 6.03. The van der Waals surface area contributed by atoms with Crippen LogP contribution in [0.2, 0.25) is 0 Å². The van der Waals surface area contributed by atoms with Gasteiger partial charge in [-0.15, -0.1) is 0 Å². The molecule has 1 aromatic carbocycles. The molecule has 0 saturated heterocycles. The van der Waals surface area contributed by atoms with Crippen LogP contribution in [-0.4, -0.2) is 5.91 Å². The van der Waals surface area contributed by atoms with E-state index in [1.807, 2.05) is 0 Å². The van der Waals surface area contributed by atoms with Crippen molar-refractivity contribution in [2.45, 2.75) is 51.4 Å². The number of aryl methyl sites for hydroxylation is 1. The van der Waals surface area contributed by atoms with E-state index in [9.17, 15) is 4.79 Å². The second-order valence-electron chi connectivity index (χ2n) is 8.29. The fourth-order valence-corrected chi connectivity index (χ4v) is 6.52. The molecular weight excluding hydrogens is 258 g/mol. The molecule has 2 nitrogen and oxygen atoms in total. The van der Waals surface area contributed by atoms with E-state index in [0.717, 1.165) is 23.4 Å². The normalized spacial score (nSPS) is 43.0. The number of carbonyl (C=O) groups excluding carboxylic acids is 1. The molecule has 1 aromatic rings. The summed E-state index contributed by atoms with van der Waals surface area (Å²) in [4.78, 5) is 12.7. The van der Waals surface area contributed by atoms with Crippen LogP contribution in [0.5, 0.6) is 0 Å². The van der Waals surface area contributed by atoms with Crippen LogP contribution in [0.3, 0.4) is 0 Å². The third kappa shape index (κ3) is 1.62. The maximum absolute atomic E-state index is 12.7. The lowest BCUT2D eigenvalue weighted by atomic mass is 9.46. The zero-order valence-corrected chi connectivity index (χ0v) is 12.7. The molecule has 0 spiro atoms. The van der Waals surface area contributed by atoms with Gasteiger partial charge in [-0.1, -0.05) is 17.7 Å². The summed E-state index contributed by atoms with van der Waals surface area (Å²) in [7, 11) is 0. The number of nitrogens with one attached hydrogen (secondary N) is 1. The Morgan fingerprint density at radius 3 is 2.29 bits per heavy atom. The molecule has 2 heteroatoms. The Balaban J connectivity index is 1.62. The van der Waals surface area contributed by atoms with E-state index >= 15 is 0 Å². The molecule has 1 N–H and O–H groups in total. The van der Waals surface area contributed by atoms with Crippen molar-refractivity contribution in [1.82, 2.24) is 0 Å². The van der Waals surface area contributed by atoms with Crippen LogP contribution < -0.4 is 5.32 Å². The van der Waals surface area contributed by atoms with E-state index < -0.39 is 0 Å². The molecule has 6 rings (SSSR count). The minimum absolute atomic E-state index is 0.126. The summed E-state index contributed by atoms with van der Waals surface area (Å²) in [6.07, 6.45) is 8.20. The summed E-state index contributed by atoms with van der Waals surface area (Å²) in [5.41, 5.74) is 3.92. The first-order valence-electron chi connectivity index (χ1n) is 8.54. The first kappa shape index (κ1) is 12.3. The second-order valence-corrected chi connectivity index (χ2v) is 8.29. The summed E-state index contributed by atoms with van der Waals surface area (Å²) < 4.78 is 0. The fourth-order valence-electron chi connectivity index (χ4n) is 6.52. The van der Waals surface area contributed by atoms with Gasteiger partial charge in [-0.3, -0.25) is 4.79 Å². The molecule has 4 bridgehead atoms.